The second-order valence-corrected chi connectivity index (χ2v) is 9.26. The van der Waals surface area contributed by atoms with Crippen molar-refractivity contribution in [2.45, 2.75) is 31.8 Å². The van der Waals surface area contributed by atoms with Gasteiger partial charge in [0.2, 0.25) is 5.91 Å². The maximum absolute atomic E-state index is 12.7. The fourth-order valence-electron chi connectivity index (χ4n) is 4.13. The average molecular weight is 458 g/mol. The fraction of sp³-hybridized carbons (Fsp3) is 0.259. The van der Waals surface area contributed by atoms with Crippen LogP contribution in [-0.2, 0) is 11.3 Å². The lowest BCUT2D eigenvalue weighted by molar-refractivity contribution is -0.116. The normalized spacial score (nSPS) is 13.4. The standard InChI is InChI=1S/C27H27N3O2S/c1-32-23-13-9-20(10-14-23)25-18-33-27(28-25)29-26(31)15-16-30(22-11-12-22)17-21-7-4-6-19-5-2-3-8-24(19)21/h2-10,13-14,18,22H,11-12,15-17H2,1H3,(H,28,29,31). The molecule has 168 valence electrons. The van der Waals surface area contributed by atoms with Gasteiger partial charge >= 0.3 is 0 Å². The van der Waals surface area contributed by atoms with Gasteiger partial charge in [0.25, 0.3) is 0 Å². The largest absolute Gasteiger partial charge is 0.497 e. The van der Waals surface area contributed by atoms with Gasteiger partial charge in [0, 0.05) is 36.5 Å². The quantitative estimate of drug-likeness (QED) is 0.337. The summed E-state index contributed by atoms with van der Waals surface area (Å²) in [4.78, 5) is 19.7. The summed E-state index contributed by atoms with van der Waals surface area (Å²) in [6.45, 7) is 1.62. The molecule has 0 atom stereocenters. The number of methoxy groups -OCH3 is 1. The van der Waals surface area contributed by atoms with E-state index < -0.39 is 0 Å². The minimum atomic E-state index is 0.00852. The number of hydrogen-bond acceptors (Lipinski definition) is 5. The molecule has 3 aromatic carbocycles. The highest BCUT2D eigenvalue weighted by Crippen LogP contribution is 2.30. The van der Waals surface area contributed by atoms with Gasteiger partial charge in [-0.3, -0.25) is 9.69 Å². The number of benzene rings is 3. The summed E-state index contributed by atoms with van der Waals surface area (Å²) < 4.78 is 5.21. The summed E-state index contributed by atoms with van der Waals surface area (Å²) in [6, 6.07) is 23.3. The molecule has 1 aliphatic carbocycles. The molecule has 0 unspecified atom stereocenters. The van der Waals surface area contributed by atoms with Crippen LogP contribution in [0.15, 0.2) is 72.1 Å². The number of ether oxygens (including phenoxy) is 1. The highest BCUT2D eigenvalue weighted by Gasteiger charge is 2.29. The third kappa shape index (κ3) is 5.24. The minimum Gasteiger partial charge on any atom is -0.497 e. The van der Waals surface area contributed by atoms with Gasteiger partial charge in [-0.1, -0.05) is 42.5 Å². The highest BCUT2D eigenvalue weighted by atomic mass is 32.1. The monoisotopic (exact) mass is 457 g/mol. The smallest absolute Gasteiger partial charge is 0.227 e. The van der Waals surface area contributed by atoms with Crippen molar-refractivity contribution in [3.05, 3.63) is 77.7 Å². The van der Waals surface area contributed by atoms with Crippen LogP contribution in [-0.4, -0.2) is 35.5 Å². The Balaban J connectivity index is 1.19. The van der Waals surface area contributed by atoms with E-state index in [-0.39, 0.29) is 5.91 Å². The van der Waals surface area contributed by atoms with E-state index in [1.807, 2.05) is 29.6 Å². The molecule has 4 aromatic rings. The second kappa shape index (κ2) is 9.73. The molecule has 1 aliphatic rings. The molecule has 33 heavy (non-hydrogen) atoms. The molecule has 0 aliphatic heterocycles. The number of carbonyl (C=O) groups is 1. The van der Waals surface area contributed by atoms with Crippen LogP contribution in [0.5, 0.6) is 5.75 Å². The summed E-state index contributed by atoms with van der Waals surface area (Å²) in [5, 5.41) is 8.14. The Morgan fingerprint density at radius 2 is 1.88 bits per heavy atom. The zero-order valence-corrected chi connectivity index (χ0v) is 19.5. The maximum atomic E-state index is 12.7. The van der Waals surface area contributed by atoms with Crippen molar-refractivity contribution >= 4 is 33.1 Å². The first-order chi connectivity index (χ1) is 16.2. The Morgan fingerprint density at radius 3 is 2.67 bits per heavy atom. The van der Waals surface area contributed by atoms with E-state index >= 15 is 0 Å². The van der Waals surface area contributed by atoms with Gasteiger partial charge in [-0.2, -0.15) is 0 Å². The van der Waals surface area contributed by atoms with Crippen molar-refractivity contribution in [3.63, 3.8) is 0 Å². The van der Waals surface area contributed by atoms with Crippen LogP contribution in [0.2, 0.25) is 0 Å². The molecule has 1 amide bonds. The minimum absolute atomic E-state index is 0.00852. The van der Waals surface area contributed by atoms with Crippen LogP contribution in [0.1, 0.15) is 24.8 Å². The van der Waals surface area contributed by atoms with Crippen molar-refractivity contribution in [1.82, 2.24) is 9.88 Å². The van der Waals surface area contributed by atoms with Crippen LogP contribution in [0, 0.1) is 0 Å². The van der Waals surface area contributed by atoms with Gasteiger partial charge < -0.3 is 10.1 Å². The zero-order chi connectivity index (χ0) is 22.6. The molecular weight excluding hydrogens is 430 g/mol. The van der Waals surface area contributed by atoms with Gasteiger partial charge in [0.15, 0.2) is 5.13 Å². The lowest BCUT2D eigenvalue weighted by Crippen LogP contribution is -2.29. The van der Waals surface area contributed by atoms with E-state index in [1.54, 1.807) is 7.11 Å². The molecule has 0 saturated heterocycles. The van der Waals surface area contributed by atoms with Crippen LogP contribution in [0.3, 0.4) is 0 Å². The van der Waals surface area contributed by atoms with Crippen molar-refractivity contribution in [2.75, 3.05) is 19.0 Å². The highest BCUT2D eigenvalue weighted by molar-refractivity contribution is 7.14. The van der Waals surface area contributed by atoms with E-state index in [4.69, 9.17) is 4.74 Å². The molecule has 0 radical (unpaired) electrons. The number of fused-ring (bicyclic) bond motifs is 1. The summed E-state index contributed by atoms with van der Waals surface area (Å²) >= 11 is 1.45. The summed E-state index contributed by atoms with van der Waals surface area (Å²) in [5.41, 5.74) is 3.18. The molecule has 1 fully saturated rings. The van der Waals surface area contributed by atoms with Crippen molar-refractivity contribution in [1.29, 1.82) is 0 Å². The lowest BCUT2D eigenvalue weighted by Gasteiger charge is -2.22. The van der Waals surface area contributed by atoms with Crippen molar-refractivity contribution < 1.29 is 9.53 Å². The number of nitrogens with one attached hydrogen (secondary N) is 1. The van der Waals surface area contributed by atoms with Crippen LogP contribution >= 0.6 is 11.3 Å². The van der Waals surface area contributed by atoms with E-state index in [0.717, 1.165) is 30.1 Å². The first-order valence-electron chi connectivity index (χ1n) is 11.3. The number of nitrogens with zero attached hydrogens (tertiary/aromatic N) is 2. The molecule has 1 heterocycles. The molecule has 1 saturated carbocycles. The summed E-state index contributed by atoms with van der Waals surface area (Å²) in [5.74, 6) is 0.820. The number of amides is 1. The van der Waals surface area contributed by atoms with E-state index in [2.05, 4.69) is 57.7 Å². The molecule has 5 rings (SSSR count). The Hall–Kier alpha value is -3.22. The Morgan fingerprint density at radius 1 is 1.09 bits per heavy atom. The molecule has 6 heteroatoms. The van der Waals surface area contributed by atoms with Crippen LogP contribution < -0.4 is 10.1 Å². The van der Waals surface area contributed by atoms with Gasteiger partial charge in [0.05, 0.1) is 12.8 Å². The molecule has 1 aromatic heterocycles. The number of aromatic nitrogens is 1. The molecular formula is C27H27N3O2S. The van der Waals surface area contributed by atoms with Crippen LogP contribution in [0.4, 0.5) is 5.13 Å². The predicted octanol–water partition coefficient (Wildman–Crippen LogP) is 5.97. The average Bonchev–Trinajstić information content (AvgIpc) is 3.60. The lowest BCUT2D eigenvalue weighted by atomic mass is 10.0. The van der Waals surface area contributed by atoms with Gasteiger partial charge in [-0.25, -0.2) is 4.98 Å². The maximum Gasteiger partial charge on any atom is 0.227 e. The van der Waals surface area contributed by atoms with Gasteiger partial charge in [0.1, 0.15) is 5.75 Å². The van der Waals surface area contributed by atoms with E-state index in [0.29, 0.717) is 17.6 Å². The topological polar surface area (TPSA) is 54.5 Å². The molecule has 1 N–H and O–H groups in total. The molecule has 0 spiro atoms. The van der Waals surface area contributed by atoms with Gasteiger partial charge in [-0.15, -0.1) is 11.3 Å². The van der Waals surface area contributed by atoms with Crippen LogP contribution in [0.25, 0.3) is 22.0 Å². The third-order valence-electron chi connectivity index (χ3n) is 6.08. The Kier molecular flexibility index (Phi) is 6.37. The molecule has 0 bridgehead atoms. The number of hydrogen-bond donors (Lipinski definition) is 1. The SMILES string of the molecule is COc1ccc(-c2csc(NC(=O)CCN(Cc3cccc4ccccc34)C3CC3)n2)cc1. The first kappa shape index (κ1) is 21.6. The number of anilines is 1. The number of thiazole rings is 1. The number of carbonyl (C=O) groups excluding carboxylic acids is 1. The second-order valence-electron chi connectivity index (χ2n) is 8.40. The fourth-order valence-corrected chi connectivity index (χ4v) is 4.87. The van der Waals surface area contributed by atoms with Crippen molar-refractivity contribution in [3.8, 4) is 17.0 Å². The predicted molar refractivity (Wildman–Crippen MR) is 135 cm³/mol. The third-order valence-corrected chi connectivity index (χ3v) is 6.84. The summed E-state index contributed by atoms with van der Waals surface area (Å²) in [6.07, 6.45) is 2.88. The van der Waals surface area contributed by atoms with E-state index in [9.17, 15) is 4.79 Å². The zero-order valence-electron chi connectivity index (χ0n) is 18.7. The first-order valence-corrected chi connectivity index (χ1v) is 12.2. The number of rotatable bonds is 9. The molecule has 5 nitrogen and oxygen atoms in total. The Labute approximate surface area is 198 Å². The van der Waals surface area contributed by atoms with E-state index in [1.165, 1.54) is 40.5 Å². The Bertz CT molecular complexity index is 1240. The summed E-state index contributed by atoms with van der Waals surface area (Å²) in [7, 11) is 1.65. The van der Waals surface area contributed by atoms with Crippen molar-refractivity contribution in [2.24, 2.45) is 0 Å². The van der Waals surface area contributed by atoms with Gasteiger partial charge in [-0.05, 0) is 53.4 Å².